The van der Waals surface area contributed by atoms with E-state index in [9.17, 15) is 9.59 Å². The Hall–Kier alpha value is -2.43. The van der Waals surface area contributed by atoms with E-state index in [1.54, 1.807) is 0 Å². The first-order chi connectivity index (χ1) is 8.90. The summed E-state index contributed by atoms with van der Waals surface area (Å²) in [5, 5.41) is 13.1. The maximum absolute atomic E-state index is 11.6. The van der Waals surface area contributed by atoms with Crippen molar-refractivity contribution in [2.24, 2.45) is 7.05 Å². The highest BCUT2D eigenvalue weighted by Crippen LogP contribution is 2.20. The average molecular weight is 258 g/mol. The second-order valence-corrected chi connectivity index (χ2v) is 4.48. The highest BCUT2D eigenvalue weighted by molar-refractivity contribution is 5.88. The predicted octanol–water partition coefficient (Wildman–Crippen LogP) is 1.76. The summed E-state index contributed by atoms with van der Waals surface area (Å²) in [6.45, 7) is 3.97. The molecule has 0 aliphatic rings. The van der Waals surface area contributed by atoms with Gasteiger partial charge in [0.25, 0.3) is 5.56 Å². The number of carboxylic acid groups (broad SMARTS) is 1. The van der Waals surface area contributed by atoms with Crippen molar-refractivity contribution in [3.05, 3.63) is 51.3 Å². The quantitative estimate of drug-likeness (QED) is 0.890. The van der Waals surface area contributed by atoms with Crippen LogP contribution in [0.2, 0.25) is 0 Å². The number of rotatable bonds is 2. The number of aryl methyl sites for hydroxylation is 3. The highest BCUT2D eigenvalue weighted by atomic mass is 16.4. The Morgan fingerprint density at radius 2 is 1.89 bits per heavy atom. The van der Waals surface area contributed by atoms with Gasteiger partial charge in [-0.15, -0.1) is 0 Å². The number of nitrogens with zero attached hydrogens (tertiary/aromatic N) is 2. The van der Waals surface area contributed by atoms with E-state index >= 15 is 0 Å². The average Bonchev–Trinajstić information content (AvgIpc) is 2.35. The molecule has 0 atom stereocenters. The molecular formula is C14H14N2O3. The fraction of sp³-hybridized carbons (Fsp3) is 0.214. The number of aromatic nitrogens is 2. The van der Waals surface area contributed by atoms with Crippen LogP contribution in [0.4, 0.5) is 0 Å². The summed E-state index contributed by atoms with van der Waals surface area (Å²) in [4.78, 5) is 22.7. The third-order valence-corrected chi connectivity index (χ3v) is 3.10. The molecule has 0 saturated heterocycles. The zero-order chi connectivity index (χ0) is 14.2. The van der Waals surface area contributed by atoms with Crippen molar-refractivity contribution in [2.75, 3.05) is 0 Å². The van der Waals surface area contributed by atoms with Gasteiger partial charge in [0.05, 0.1) is 5.69 Å². The van der Waals surface area contributed by atoms with Crippen LogP contribution in [-0.2, 0) is 7.05 Å². The predicted molar refractivity (Wildman–Crippen MR) is 71.3 cm³/mol. The van der Waals surface area contributed by atoms with Crippen molar-refractivity contribution in [2.45, 2.75) is 13.8 Å². The summed E-state index contributed by atoms with van der Waals surface area (Å²) in [6, 6.07) is 7.04. The molecule has 19 heavy (non-hydrogen) atoms. The number of aromatic carboxylic acids is 1. The summed E-state index contributed by atoms with van der Waals surface area (Å²) in [5.41, 5.74) is 2.62. The molecule has 0 unspecified atom stereocenters. The zero-order valence-electron chi connectivity index (χ0n) is 11.0. The summed E-state index contributed by atoms with van der Waals surface area (Å²) >= 11 is 0. The molecule has 0 spiro atoms. The van der Waals surface area contributed by atoms with Crippen molar-refractivity contribution in [3.8, 4) is 11.3 Å². The molecule has 1 heterocycles. The molecule has 0 bridgehead atoms. The largest absolute Gasteiger partial charge is 0.477 e. The van der Waals surface area contributed by atoms with E-state index in [-0.39, 0.29) is 5.56 Å². The molecule has 5 heteroatoms. The molecule has 1 aromatic carbocycles. The van der Waals surface area contributed by atoms with Gasteiger partial charge in [0.1, 0.15) is 5.56 Å². The Morgan fingerprint density at radius 1 is 1.21 bits per heavy atom. The lowest BCUT2D eigenvalue weighted by molar-refractivity contribution is 0.0694. The van der Waals surface area contributed by atoms with Crippen LogP contribution < -0.4 is 5.56 Å². The van der Waals surface area contributed by atoms with Crippen LogP contribution in [0.25, 0.3) is 11.3 Å². The number of benzene rings is 1. The van der Waals surface area contributed by atoms with E-state index in [0.717, 1.165) is 21.4 Å². The maximum Gasteiger partial charge on any atom is 0.341 e. The van der Waals surface area contributed by atoms with E-state index in [2.05, 4.69) is 5.10 Å². The third kappa shape index (κ3) is 2.40. The molecule has 5 nitrogen and oxygen atoms in total. The van der Waals surface area contributed by atoms with Gasteiger partial charge in [-0.3, -0.25) is 4.79 Å². The lowest BCUT2D eigenvalue weighted by atomic mass is 10.0. The second-order valence-electron chi connectivity index (χ2n) is 4.48. The Morgan fingerprint density at radius 3 is 2.47 bits per heavy atom. The summed E-state index contributed by atoms with van der Waals surface area (Å²) in [7, 11) is 1.44. The third-order valence-electron chi connectivity index (χ3n) is 3.10. The summed E-state index contributed by atoms with van der Waals surface area (Å²) in [6.07, 6.45) is 0. The van der Waals surface area contributed by atoms with Gasteiger partial charge in [0, 0.05) is 12.6 Å². The van der Waals surface area contributed by atoms with E-state index in [1.165, 1.54) is 13.1 Å². The Kier molecular flexibility index (Phi) is 3.21. The van der Waals surface area contributed by atoms with Crippen molar-refractivity contribution >= 4 is 5.97 Å². The monoisotopic (exact) mass is 258 g/mol. The van der Waals surface area contributed by atoms with Crippen molar-refractivity contribution in [1.29, 1.82) is 0 Å². The topological polar surface area (TPSA) is 72.2 Å². The second kappa shape index (κ2) is 4.68. The summed E-state index contributed by atoms with van der Waals surface area (Å²) in [5.74, 6) is -1.24. The van der Waals surface area contributed by atoms with Crippen LogP contribution in [-0.4, -0.2) is 20.9 Å². The fourth-order valence-corrected chi connectivity index (χ4v) is 1.80. The minimum absolute atomic E-state index is 0.272. The molecule has 1 aromatic heterocycles. The molecule has 0 aliphatic carbocycles. The zero-order valence-corrected chi connectivity index (χ0v) is 11.0. The molecule has 0 fully saturated rings. The summed E-state index contributed by atoms with van der Waals surface area (Å²) < 4.78 is 1.05. The minimum atomic E-state index is -1.24. The molecule has 0 saturated carbocycles. The lowest BCUT2D eigenvalue weighted by Gasteiger charge is -2.07. The van der Waals surface area contributed by atoms with Crippen molar-refractivity contribution in [3.63, 3.8) is 0 Å². The van der Waals surface area contributed by atoms with Crippen LogP contribution in [0, 0.1) is 13.8 Å². The van der Waals surface area contributed by atoms with Gasteiger partial charge >= 0.3 is 5.97 Å². The van der Waals surface area contributed by atoms with Gasteiger partial charge < -0.3 is 5.11 Å². The number of carboxylic acids is 1. The van der Waals surface area contributed by atoms with Gasteiger partial charge in [-0.25, -0.2) is 9.48 Å². The SMILES string of the molecule is Cc1ccc(-c2cc(C(=O)O)c(=O)n(C)n2)cc1C. The van der Waals surface area contributed by atoms with Crippen LogP contribution in [0.3, 0.4) is 0 Å². The standard InChI is InChI=1S/C14H14N2O3/c1-8-4-5-10(6-9(8)2)12-7-11(14(18)19)13(17)16(3)15-12/h4-7H,1-3H3,(H,18,19). The Bertz CT molecular complexity index is 717. The van der Waals surface area contributed by atoms with Crippen LogP contribution in [0.15, 0.2) is 29.1 Å². The maximum atomic E-state index is 11.6. The lowest BCUT2D eigenvalue weighted by Crippen LogP contribution is -2.26. The van der Waals surface area contributed by atoms with Crippen LogP contribution >= 0.6 is 0 Å². The normalized spacial score (nSPS) is 10.5. The van der Waals surface area contributed by atoms with Gasteiger partial charge in [-0.1, -0.05) is 12.1 Å². The first kappa shape index (κ1) is 13.0. The molecule has 0 amide bonds. The van der Waals surface area contributed by atoms with Crippen LogP contribution in [0.1, 0.15) is 21.5 Å². The van der Waals surface area contributed by atoms with Crippen molar-refractivity contribution in [1.82, 2.24) is 9.78 Å². The fourth-order valence-electron chi connectivity index (χ4n) is 1.80. The first-order valence-corrected chi connectivity index (χ1v) is 5.79. The molecule has 98 valence electrons. The smallest absolute Gasteiger partial charge is 0.341 e. The molecule has 0 radical (unpaired) electrons. The number of hydrogen-bond acceptors (Lipinski definition) is 3. The number of hydrogen-bond donors (Lipinski definition) is 1. The molecular weight excluding hydrogens is 244 g/mol. The van der Waals surface area contributed by atoms with Crippen LogP contribution in [0.5, 0.6) is 0 Å². The Labute approximate surface area is 110 Å². The van der Waals surface area contributed by atoms with E-state index in [0.29, 0.717) is 5.69 Å². The molecule has 0 aliphatic heterocycles. The molecule has 2 rings (SSSR count). The minimum Gasteiger partial charge on any atom is -0.477 e. The Balaban J connectivity index is 2.66. The van der Waals surface area contributed by atoms with E-state index in [4.69, 9.17) is 5.11 Å². The van der Waals surface area contributed by atoms with Gasteiger partial charge in [-0.05, 0) is 37.1 Å². The first-order valence-electron chi connectivity index (χ1n) is 5.79. The van der Waals surface area contributed by atoms with Gasteiger partial charge in [-0.2, -0.15) is 5.10 Å². The highest BCUT2D eigenvalue weighted by Gasteiger charge is 2.13. The van der Waals surface area contributed by atoms with Gasteiger partial charge in [0.15, 0.2) is 0 Å². The molecule has 1 N–H and O–H groups in total. The number of carbonyl (C=O) groups is 1. The van der Waals surface area contributed by atoms with E-state index in [1.807, 2.05) is 32.0 Å². The van der Waals surface area contributed by atoms with Gasteiger partial charge in [0.2, 0.25) is 0 Å². The molecule has 2 aromatic rings. The van der Waals surface area contributed by atoms with Crippen molar-refractivity contribution < 1.29 is 9.90 Å². The van der Waals surface area contributed by atoms with E-state index < -0.39 is 11.5 Å².